The van der Waals surface area contributed by atoms with Crippen molar-refractivity contribution in [1.82, 2.24) is 0 Å². The van der Waals surface area contributed by atoms with Gasteiger partial charge in [0.25, 0.3) is 0 Å². The molecule has 0 radical (unpaired) electrons. The van der Waals surface area contributed by atoms with E-state index in [4.69, 9.17) is 18.5 Å². The Balaban J connectivity index is 2.28. The Hall–Kier alpha value is -1.18. The smallest absolute Gasteiger partial charge is 0.457 e. The first-order chi connectivity index (χ1) is 32.5. The van der Waals surface area contributed by atoms with Crippen LogP contribution in [0.25, 0.3) is 0 Å². The number of carbonyl (C=O) groups is 1. The number of hydrogen-bond donors (Lipinski definition) is 6. The van der Waals surface area contributed by atoms with E-state index in [-0.39, 0.29) is 13.0 Å². The Kier molecular flexibility index (Phi) is 42.6. The highest BCUT2D eigenvalue weighted by Crippen LogP contribution is 2.47. The normalized spacial score (nSPS) is 21.4. The Morgan fingerprint density at radius 1 is 0.478 bits per heavy atom. The first-order valence-corrected chi connectivity index (χ1v) is 29.2. The highest BCUT2D eigenvalue weighted by Gasteiger charge is 2.51. The van der Waals surface area contributed by atoms with Gasteiger partial charge in [0.2, 0.25) is 0 Å². The Morgan fingerprint density at radius 2 is 0.836 bits per heavy atom. The Bertz CT molecular complexity index is 1200. The molecule has 1 fully saturated rings. The van der Waals surface area contributed by atoms with Crippen LogP contribution in [0.1, 0.15) is 251 Å². The number of rotatable bonds is 48. The molecule has 1 aliphatic rings. The topological polar surface area (TPSA) is 192 Å². The van der Waals surface area contributed by atoms with Crippen molar-refractivity contribution < 1.29 is 58.3 Å². The van der Waals surface area contributed by atoms with Crippen LogP contribution in [0.5, 0.6) is 0 Å². The summed E-state index contributed by atoms with van der Waals surface area (Å²) in [6.07, 6.45) is 41.1. The van der Waals surface area contributed by atoms with Gasteiger partial charge in [0.15, 0.2) is 0 Å². The molecule has 396 valence electrons. The second-order valence-electron chi connectivity index (χ2n) is 19.4. The van der Waals surface area contributed by atoms with Crippen molar-refractivity contribution in [3.05, 3.63) is 24.3 Å². The fourth-order valence-corrected chi connectivity index (χ4v) is 9.66. The van der Waals surface area contributed by atoms with E-state index in [2.05, 4.69) is 38.2 Å². The van der Waals surface area contributed by atoms with Crippen LogP contribution in [-0.4, -0.2) is 98.9 Å². The van der Waals surface area contributed by atoms with Crippen LogP contribution < -0.4 is 0 Å². The summed E-state index contributed by atoms with van der Waals surface area (Å²) in [4.78, 5) is 23.3. The van der Waals surface area contributed by atoms with E-state index in [0.717, 1.165) is 64.2 Å². The number of phosphoric acid groups is 1. The summed E-state index contributed by atoms with van der Waals surface area (Å²) < 4.78 is 34.3. The number of hydrogen-bond acceptors (Lipinski definition) is 11. The Labute approximate surface area is 409 Å². The van der Waals surface area contributed by atoms with Crippen LogP contribution in [-0.2, 0) is 27.9 Å². The minimum atomic E-state index is -5.02. The van der Waals surface area contributed by atoms with E-state index in [0.29, 0.717) is 13.0 Å². The van der Waals surface area contributed by atoms with Gasteiger partial charge in [-0.1, -0.05) is 224 Å². The van der Waals surface area contributed by atoms with Crippen molar-refractivity contribution in [3.8, 4) is 0 Å². The van der Waals surface area contributed by atoms with Crippen LogP contribution in [0.4, 0.5) is 0 Å². The lowest BCUT2D eigenvalue weighted by molar-refractivity contribution is -0.220. The number of allylic oxidation sites excluding steroid dienone is 4. The monoisotopic (exact) mass is 975 g/mol. The van der Waals surface area contributed by atoms with Gasteiger partial charge in [0.1, 0.15) is 42.7 Å². The zero-order chi connectivity index (χ0) is 49.1. The van der Waals surface area contributed by atoms with Crippen LogP contribution in [0, 0.1) is 0 Å². The first kappa shape index (κ1) is 63.8. The minimum absolute atomic E-state index is 0.0777. The molecule has 0 aliphatic heterocycles. The zero-order valence-corrected chi connectivity index (χ0v) is 43.6. The molecule has 0 aromatic heterocycles. The van der Waals surface area contributed by atoms with Crippen LogP contribution in [0.2, 0.25) is 0 Å². The minimum Gasteiger partial charge on any atom is -0.457 e. The Morgan fingerprint density at radius 3 is 1.27 bits per heavy atom. The fraction of sp³-hybridized carbons (Fsp3) is 0.907. The van der Waals surface area contributed by atoms with E-state index >= 15 is 0 Å². The van der Waals surface area contributed by atoms with Crippen molar-refractivity contribution in [2.45, 2.75) is 294 Å². The largest absolute Gasteiger partial charge is 0.472 e. The molecule has 1 saturated carbocycles. The lowest BCUT2D eigenvalue weighted by Crippen LogP contribution is -2.64. The van der Waals surface area contributed by atoms with Crippen molar-refractivity contribution >= 4 is 13.8 Å². The van der Waals surface area contributed by atoms with Crippen molar-refractivity contribution in [3.63, 3.8) is 0 Å². The van der Waals surface area contributed by atoms with Gasteiger partial charge in [0, 0.05) is 13.0 Å². The summed E-state index contributed by atoms with van der Waals surface area (Å²) in [5.41, 5.74) is 0. The molecule has 0 heterocycles. The summed E-state index contributed by atoms with van der Waals surface area (Å²) >= 11 is 0. The number of unbranched alkanes of at least 4 members (excludes halogenated alkanes) is 32. The summed E-state index contributed by atoms with van der Waals surface area (Å²) in [5, 5.41) is 50.3. The average Bonchev–Trinajstić information content (AvgIpc) is 3.31. The number of phosphoric ester groups is 1. The molecule has 6 N–H and O–H groups in total. The molecule has 6 atom stereocenters. The first-order valence-electron chi connectivity index (χ1n) is 27.7. The van der Waals surface area contributed by atoms with Crippen molar-refractivity contribution in [2.75, 3.05) is 19.8 Å². The summed E-state index contributed by atoms with van der Waals surface area (Å²) in [6, 6.07) is 0. The highest BCUT2D eigenvalue weighted by molar-refractivity contribution is 7.47. The number of ether oxygens (including phenoxy) is 2. The van der Waals surface area contributed by atoms with Crippen LogP contribution in [0.15, 0.2) is 24.3 Å². The third kappa shape index (κ3) is 36.4. The number of aliphatic hydroxyl groups excluding tert-OH is 5. The fourth-order valence-electron chi connectivity index (χ4n) is 8.68. The summed E-state index contributed by atoms with van der Waals surface area (Å²) in [7, 11) is -5.02. The average molecular weight is 975 g/mol. The van der Waals surface area contributed by atoms with E-state index < -0.39 is 63.1 Å². The van der Waals surface area contributed by atoms with E-state index in [1.165, 1.54) is 161 Å². The molecular formula is C54H103O12P. The van der Waals surface area contributed by atoms with E-state index in [1.54, 1.807) is 0 Å². The van der Waals surface area contributed by atoms with Gasteiger partial charge in [-0.3, -0.25) is 13.8 Å². The molecule has 0 spiro atoms. The molecule has 6 unspecified atom stereocenters. The molecule has 0 bridgehead atoms. The molecular weight excluding hydrogens is 872 g/mol. The quantitative estimate of drug-likeness (QED) is 0.0147. The highest BCUT2D eigenvalue weighted by atomic mass is 31.2. The predicted octanol–water partition coefficient (Wildman–Crippen LogP) is 12.8. The van der Waals surface area contributed by atoms with Gasteiger partial charge in [-0.2, -0.15) is 0 Å². The van der Waals surface area contributed by atoms with Crippen molar-refractivity contribution in [1.29, 1.82) is 0 Å². The van der Waals surface area contributed by atoms with E-state index in [9.17, 15) is 39.8 Å². The molecule has 0 amide bonds. The number of carbonyl (C=O) groups excluding carboxylic acids is 1. The maximum absolute atomic E-state index is 12.9. The summed E-state index contributed by atoms with van der Waals surface area (Å²) in [5.74, 6) is -0.486. The van der Waals surface area contributed by atoms with Gasteiger partial charge in [-0.05, 0) is 44.9 Å². The van der Waals surface area contributed by atoms with Gasteiger partial charge >= 0.3 is 13.8 Å². The van der Waals surface area contributed by atoms with Gasteiger partial charge < -0.3 is 39.9 Å². The molecule has 0 aromatic carbocycles. The predicted molar refractivity (Wildman–Crippen MR) is 272 cm³/mol. The van der Waals surface area contributed by atoms with Crippen LogP contribution >= 0.6 is 7.82 Å². The standard InChI is InChI=1S/C54H103O12P/c1-3-5-7-9-11-13-15-17-19-21-22-23-24-25-26-27-28-30-32-34-36-38-40-42-44-63-45-47(46-64-67(61,62)66-54-52(59)50(57)49(56)51(58)53(54)60)65-48(55)43-41-39-37-35-33-31-29-20-18-16-14-12-10-8-6-4-2/h14,16,20,29,47,49-54,56-60H,3-13,15,17-19,21-28,30-46H2,1-2H3,(H,61,62)/b16-14-,29-20-. The second-order valence-corrected chi connectivity index (χ2v) is 20.8. The van der Waals surface area contributed by atoms with Gasteiger partial charge in [-0.25, -0.2) is 4.57 Å². The lowest BCUT2D eigenvalue weighted by atomic mass is 9.85. The zero-order valence-electron chi connectivity index (χ0n) is 42.7. The molecule has 1 rings (SSSR count). The summed E-state index contributed by atoms with van der Waals surface area (Å²) in [6.45, 7) is 4.28. The van der Waals surface area contributed by atoms with E-state index in [1.807, 2.05) is 0 Å². The SMILES string of the molecule is CCCCCC/C=C\C/C=C\CCCCCCCC(=O)OC(COCCCCCCCCCCCCCCCCCCCCCCCCCC)COP(=O)(O)OC1C(O)C(O)C(O)C(O)C1O. The molecule has 12 nitrogen and oxygen atoms in total. The number of esters is 1. The number of aliphatic hydroxyl groups is 5. The second kappa shape index (κ2) is 44.7. The van der Waals surface area contributed by atoms with Crippen molar-refractivity contribution in [2.24, 2.45) is 0 Å². The third-order valence-corrected chi connectivity index (χ3v) is 14.1. The van der Waals surface area contributed by atoms with Gasteiger partial charge in [-0.15, -0.1) is 0 Å². The van der Waals surface area contributed by atoms with Crippen LogP contribution in [0.3, 0.4) is 0 Å². The molecule has 0 saturated heterocycles. The lowest BCUT2D eigenvalue weighted by Gasteiger charge is -2.41. The molecule has 13 heteroatoms. The molecule has 1 aliphatic carbocycles. The van der Waals surface area contributed by atoms with Gasteiger partial charge in [0.05, 0.1) is 13.2 Å². The third-order valence-electron chi connectivity index (χ3n) is 13.1. The maximum Gasteiger partial charge on any atom is 0.472 e. The molecule has 67 heavy (non-hydrogen) atoms. The molecule has 0 aromatic rings. The maximum atomic E-state index is 12.9.